The van der Waals surface area contributed by atoms with E-state index in [1.807, 2.05) is 13.8 Å². The molecule has 1 rings (SSSR count). The Hall–Kier alpha value is -2.88. The van der Waals surface area contributed by atoms with Crippen LogP contribution in [0.3, 0.4) is 0 Å². The summed E-state index contributed by atoms with van der Waals surface area (Å²) in [7, 11) is 0. The highest BCUT2D eigenvalue weighted by Crippen LogP contribution is 2.11. The number of hydrogen-bond acceptors (Lipinski definition) is 6. The van der Waals surface area contributed by atoms with Gasteiger partial charge in [-0.3, -0.25) is 10.8 Å². The Bertz CT molecular complexity index is 584. The summed E-state index contributed by atoms with van der Waals surface area (Å²) < 4.78 is 5.10. The van der Waals surface area contributed by atoms with Crippen molar-refractivity contribution in [2.75, 3.05) is 12.0 Å². The van der Waals surface area contributed by atoms with E-state index in [1.54, 1.807) is 30.3 Å². The van der Waals surface area contributed by atoms with Crippen molar-refractivity contribution in [1.29, 1.82) is 10.7 Å². The fourth-order valence-corrected chi connectivity index (χ4v) is 1.27. The van der Waals surface area contributed by atoms with Crippen LogP contribution in [0.5, 0.6) is 0 Å². The van der Waals surface area contributed by atoms with Gasteiger partial charge in [0.1, 0.15) is 6.07 Å². The highest BCUT2D eigenvalue weighted by atomic mass is 16.5. The van der Waals surface area contributed by atoms with Crippen molar-refractivity contribution in [3.8, 4) is 6.07 Å². The van der Waals surface area contributed by atoms with Gasteiger partial charge in [-0.15, -0.1) is 0 Å². The van der Waals surface area contributed by atoms with E-state index in [-0.39, 0.29) is 17.6 Å². The molecule has 0 aromatic heterocycles. The van der Waals surface area contributed by atoms with Gasteiger partial charge in [0, 0.05) is 0 Å². The Balaban J connectivity index is 2.68. The zero-order valence-electron chi connectivity index (χ0n) is 11.9. The predicted octanol–water partition coefficient (Wildman–Crippen LogP) is 1.73. The molecule has 0 saturated heterocycles. The number of nitrogens with zero attached hydrogens (tertiary/aromatic N) is 2. The number of nitriles is 1. The van der Waals surface area contributed by atoms with Crippen molar-refractivity contribution < 1.29 is 9.53 Å². The van der Waals surface area contributed by atoms with Crippen molar-refractivity contribution >= 4 is 23.2 Å². The summed E-state index contributed by atoms with van der Waals surface area (Å²) in [5, 5.41) is 19.5. The van der Waals surface area contributed by atoms with Gasteiger partial charge >= 0.3 is 5.97 Å². The lowest BCUT2D eigenvalue weighted by atomic mass is 10.2. The van der Waals surface area contributed by atoms with E-state index in [2.05, 4.69) is 10.5 Å². The summed E-state index contributed by atoms with van der Waals surface area (Å²) in [6, 6.07) is 8.09. The number of carbonyl (C=O) groups excluding carboxylic acids is 1. The molecule has 0 amide bonds. The fourth-order valence-electron chi connectivity index (χ4n) is 1.27. The number of nitrogens with two attached hydrogens (primary N) is 1. The summed E-state index contributed by atoms with van der Waals surface area (Å²) in [5.41, 5.74) is 8.52. The average Bonchev–Trinajstić information content (AvgIpc) is 2.45. The monoisotopic (exact) mass is 287 g/mol. The molecule has 0 aliphatic carbocycles. The maximum absolute atomic E-state index is 11.7. The smallest absolute Gasteiger partial charge is 0.338 e. The van der Waals surface area contributed by atoms with E-state index in [9.17, 15) is 4.79 Å². The Morgan fingerprint density at radius 3 is 2.57 bits per heavy atom. The summed E-state index contributed by atoms with van der Waals surface area (Å²) >= 11 is 0. The van der Waals surface area contributed by atoms with Crippen LogP contribution >= 0.6 is 0 Å². The van der Waals surface area contributed by atoms with Crippen molar-refractivity contribution in [2.24, 2.45) is 16.8 Å². The minimum absolute atomic E-state index is 0.213. The van der Waals surface area contributed by atoms with Gasteiger partial charge in [0.05, 0.1) is 17.9 Å². The summed E-state index contributed by atoms with van der Waals surface area (Å²) in [5.74, 6) is -0.528. The van der Waals surface area contributed by atoms with E-state index in [1.165, 1.54) is 0 Å². The van der Waals surface area contributed by atoms with Gasteiger partial charge in [-0.25, -0.2) is 4.79 Å². The van der Waals surface area contributed by atoms with Crippen LogP contribution in [-0.2, 0) is 4.74 Å². The van der Waals surface area contributed by atoms with Gasteiger partial charge in [0.15, 0.2) is 5.84 Å². The van der Waals surface area contributed by atoms with Gasteiger partial charge in [-0.2, -0.15) is 10.4 Å². The van der Waals surface area contributed by atoms with Crippen LogP contribution in [0.4, 0.5) is 5.69 Å². The lowest BCUT2D eigenvalue weighted by Gasteiger charge is -2.07. The van der Waals surface area contributed by atoms with Gasteiger partial charge in [0.25, 0.3) is 0 Å². The van der Waals surface area contributed by atoms with Crippen molar-refractivity contribution in [2.45, 2.75) is 13.8 Å². The molecule has 4 N–H and O–H groups in total. The highest BCUT2D eigenvalue weighted by Gasteiger charge is 2.08. The first kappa shape index (κ1) is 16.2. The van der Waals surface area contributed by atoms with Crippen LogP contribution < -0.4 is 11.2 Å². The number of hydrogen-bond donors (Lipinski definition) is 3. The fraction of sp³-hybridized carbons (Fsp3) is 0.286. The molecule has 0 saturated carbocycles. The standard InChI is InChI=1S/C14H17N5O2/c1-9(2)8-21-14(20)10-3-5-11(6-4-10)18-19-12(7-15)13(16)17/h3-6,9,18H,8H2,1-2H3,(H3,16,17)/b19-12+. The summed E-state index contributed by atoms with van der Waals surface area (Å²) in [6.45, 7) is 4.29. The van der Waals surface area contributed by atoms with Crippen molar-refractivity contribution in [3.05, 3.63) is 29.8 Å². The van der Waals surface area contributed by atoms with Crippen LogP contribution in [0.2, 0.25) is 0 Å². The topological polar surface area (TPSA) is 124 Å². The maximum Gasteiger partial charge on any atom is 0.338 e. The first-order valence-corrected chi connectivity index (χ1v) is 6.29. The molecule has 0 fully saturated rings. The molecule has 110 valence electrons. The number of ether oxygens (including phenoxy) is 1. The molecular weight excluding hydrogens is 270 g/mol. The van der Waals surface area contributed by atoms with Crippen LogP contribution in [0.15, 0.2) is 29.4 Å². The molecule has 0 radical (unpaired) electrons. The Morgan fingerprint density at radius 1 is 1.48 bits per heavy atom. The Labute approximate surface area is 122 Å². The Kier molecular flexibility index (Phi) is 5.89. The van der Waals surface area contributed by atoms with E-state index in [4.69, 9.17) is 21.1 Å². The number of amidine groups is 1. The number of esters is 1. The lowest BCUT2D eigenvalue weighted by molar-refractivity contribution is 0.0459. The second-order valence-corrected chi connectivity index (χ2v) is 4.67. The van der Waals surface area contributed by atoms with E-state index >= 15 is 0 Å². The number of hydrazone groups is 1. The SMILES string of the molecule is CC(C)COC(=O)c1ccc(N/N=C(\C#N)C(=N)N)cc1. The summed E-state index contributed by atoms with van der Waals surface area (Å²) in [6.07, 6.45) is 0. The summed E-state index contributed by atoms with van der Waals surface area (Å²) in [4.78, 5) is 11.7. The second kappa shape index (κ2) is 7.65. The Morgan fingerprint density at radius 2 is 2.10 bits per heavy atom. The first-order chi connectivity index (χ1) is 9.93. The van der Waals surface area contributed by atoms with Gasteiger partial charge in [-0.05, 0) is 30.2 Å². The molecule has 0 bridgehead atoms. The van der Waals surface area contributed by atoms with Gasteiger partial charge < -0.3 is 10.5 Å². The third-order valence-corrected chi connectivity index (χ3v) is 2.33. The van der Waals surface area contributed by atoms with Crippen LogP contribution in [0, 0.1) is 22.7 Å². The van der Waals surface area contributed by atoms with E-state index in [0.717, 1.165) is 0 Å². The molecule has 1 aromatic carbocycles. The molecule has 0 atom stereocenters. The van der Waals surface area contributed by atoms with Gasteiger partial charge in [0.2, 0.25) is 5.71 Å². The maximum atomic E-state index is 11.7. The minimum Gasteiger partial charge on any atom is -0.462 e. The molecule has 21 heavy (non-hydrogen) atoms. The van der Waals surface area contributed by atoms with Crippen molar-refractivity contribution in [1.82, 2.24) is 0 Å². The van der Waals surface area contributed by atoms with Crippen LogP contribution in [0.1, 0.15) is 24.2 Å². The van der Waals surface area contributed by atoms with Gasteiger partial charge in [-0.1, -0.05) is 13.8 Å². The quantitative estimate of drug-likeness (QED) is 0.318. The zero-order chi connectivity index (χ0) is 15.8. The van der Waals surface area contributed by atoms with Crippen molar-refractivity contribution in [3.63, 3.8) is 0 Å². The molecule has 0 unspecified atom stereocenters. The molecule has 1 aromatic rings. The number of carbonyl (C=O) groups is 1. The second-order valence-electron chi connectivity index (χ2n) is 4.67. The molecule has 0 spiro atoms. The van der Waals surface area contributed by atoms with E-state index in [0.29, 0.717) is 17.9 Å². The first-order valence-electron chi connectivity index (χ1n) is 6.29. The number of nitrogens with one attached hydrogen (secondary N) is 2. The largest absolute Gasteiger partial charge is 0.462 e. The molecule has 7 nitrogen and oxygen atoms in total. The minimum atomic E-state index is -0.418. The molecule has 7 heteroatoms. The average molecular weight is 287 g/mol. The van der Waals surface area contributed by atoms with Crippen LogP contribution in [0.25, 0.3) is 0 Å². The molecular formula is C14H17N5O2. The normalized spacial score (nSPS) is 10.9. The number of anilines is 1. The van der Waals surface area contributed by atoms with E-state index < -0.39 is 5.84 Å². The third-order valence-electron chi connectivity index (χ3n) is 2.33. The zero-order valence-corrected chi connectivity index (χ0v) is 11.9. The number of rotatable bonds is 6. The number of benzene rings is 1. The lowest BCUT2D eigenvalue weighted by Crippen LogP contribution is -2.21. The molecule has 0 heterocycles. The highest BCUT2D eigenvalue weighted by molar-refractivity contribution is 6.45. The molecule has 0 aliphatic rings. The predicted molar refractivity (Wildman–Crippen MR) is 80.1 cm³/mol. The van der Waals surface area contributed by atoms with Crippen LogP contribution in [-0.4, -0.2) is 24.1 Å². The molecule has 0 aliphatic heterocycles. The third kappa shape index (κ3) is 5.32.